The molecule has 24 heavy (non-hydrogen) atoms. The maximum atomic E-state index is 12.8. The molecule has 0 bridgehead atoms. The number of rotatable bonds is 4. The Bertz CT molecular complexity index is 710. The molecule has 1 saturated carbocycles. The fourth-order valence-corrected chi connectivity index (χ4v) is 4.04. The van der Waals surface area contributed by atoms with Crippen LogP contribution in [0.4, 0.5) is 0 Å². The Balaban J connectivity index is 1.66. The molecule has 3 nitrogen and oxygen atoms in total. The molecule has 0 unspecified atom stereocenters. The van der Waals surface area contributed by atoms with Gasteiger partial charge in [-0.2, -0.15) is 0 Å². The van der Waals surface area contributed by atoms with Gasteiger partial charge in [-0.3, -0.25) is 9.78 Å². The predicted molar refractivity (Wildman–Crippen MR) is 98.4 cm³/mol. The van der Waals surface area contributed by atoms with Crippen LogP contribution in [-0.4, -0.2) is 10.9 Å². The molecule has 1 heterocycles. The van der Waals surface area contributed by atoms with Crippen molar-refractivity contribution in [2.45, 2.75) is 46.6 Å². The van der Waals surface area contributed by atoms with Crippen LogP contribution in [0.1, 0.15) is 45.6 Å². The second-order valence-corrected chi connectivity index (χ2v) is 7.69. The largest absolute Gasteiger partial charge is 0.352 e. The summed E-state index contributed by atoms with van der Waals surface area (Å²) in [5, 5.41) is 4.28. The monoisotopic (exact) mass is 324 g/mol. The van der Waals surface area contributed by atoms with E-state index in [0.717, 1.165) is 22.9 Å². The number of aromatic nitrogens is 1. The lowest BCUT2D eigenvalue weighted by molar-refractivity contribution is -0.129. The van der Waals surface area contributed by atoms with E-state index in [1.54, 1.807) is 0 Å². The van der Waals surface area contributed by atoms with Gasteiger partial charge < -0.3 is 5.32 Å². The highest BCUT2D eigenvalue weighted by Gasteiger charge is 2.35. The summed E-state index contributed by atoms with van der Waals surface area (Å²) in [4.78, 5) is 17.2. The Morgan fingerprint density at radius 2 is 2.08 bits per heavy atom. The van der Waals surface area contributed by atoms with Gasteiger partial charge in [0.15, 0.2) is 0 Å². The van der Waals surface area contributed by atoms with Gasteiger partial charge >= 0.3 is 0 Å². The summed E-state index contributed by atoms with van der Waals surface area (Å²) in [6.45, 7) is 7.32. The summed E-state index contributed by atoms with van der Waals surface area (Å²) >= 11 is 0. The van der Waals surface area contributed by atoms with E-state index >= 15 is 0 Å². The van der Waals surface area contributed by atoms with Gasteiger partial charge in [-0.25, -0.2) is 0 Å². The maximum absolute atomic E-state index is 12.8. The van der Waals surface area contributed by atoms with Gasteiger partial charge in [0.05, 0.1) is 5.52 Å². The van der Waals surface area contributed by atoms with E-state index in [-0.39, 0.29) is 11.8 Å². The van der Waals surface area contributed by atoms with E-state index in [2.05, 4.69) is 43.2 Å². The van der Waals surface area contributed by atoms with Crippen molar-refractivity contribution < 1.29 is 4.79 Å². The van der Waals surface area contributed by atoms with Crippen LogP contribution in [0.3, 0.4) is 0 Å². The van der Waals surface area contributed by atoms with Gasteiger partial charge in [0.1, 0.15) is 0 Å². The molecular formula is C21H28N2O. The number of carbonyl (C=O) groups is 1. The third-order valence-electron chi connectivity index (χ3n) is 5.47. The fourth-order valence-electron chi connectivity index (χ4n) is 4.04. The van der Waals surface area contributed by atoms with Crippen LogP contribution in [0.25, 0.3) is 10.9 Å². The molecule has 2 aromatic rings. The summed E-state index contributed by atoms with van der Waals surface area (Å²) in [5.74, 6) is 2.10. The van der Waals surface area contributed by atoms with Crippen LogP contribution in [-0.2, 0) is 11.3 Å². The number of nitrogens with zero attached hydrogens (tertiary/aromatic N) is 1. The number of fused-ring (bicyclic) bond motifs is 1. The Morgan fingerprint density at radius 1 is 1.29 bits per heavy atom. The van der Waals surface area contributed by atoms with Crippen LogP contribution in [0.15, 0.2) is 36.5 Å². The number of para-hydroxylation sites is 1. The zero-order chi connectivity index (χ0) is 17.1. The lowest BCUT2D eigenvalue weighted by Gasteiger charge is -2.36. The molecule has 3 atom stereocenters. The highest BCUT2D eigenvalue weighted by molar-refractivity contribution is 5.80. The smallest absolute Gasteiger partial charge is 0.223 e. The van der Waals surface area contributed by atoms with Crippen molar-refractivity contribution in [3.05, 3.63) is 42.1 Å². The summed E-state index contributed by atoms with van der Waals surface area (Å²) in [7, 11) is 0. The van der Waals surface area contributed by atoms with E-state index < -0.39 is 0 Å². The molecule has 1 aromatic heterocycles. The van der Waals surface area contributed by atoms with Crippen LogP contribution in [0.2, 0.25) is 0 Å². The number of carbonyl (C=O) groups excluding carboxylic acids is 1. The molecule has 0 aliphatic heterocycles. The molecule has 1 aliphatic carbocycles. The number of benzene rings is 1. The van der Waals surface area contributed by atoms with Gasteiger partial charge in [0, 0.05) is 24.0 Å². The predicted octanol–water partition coefficient (Wildman–Crippen LogP) is 4.56. The number of pyridine rings is 1. The summed E-state index contributed by atoms with van der Waals surface area (Å²) in [6.07, 6.45) is 5.31. The van der Waals surface area contributed by atoms with Crippen molar-refractivity contribution in [3.63, 3.8) is 0 Å². The molecule has 3 rings (SSSR count). The summed E-state index contributed by atoms with van der Waals surface area (Å²) in [5.41, 5.74) is 2.06. The van der Waals surface area contributed by atoms with Crippen molar-refractivity contribution in [2.24, 2.45) is 23.7 Å². The van der Waals surface area contributed by atoms with Crippen molar-refractivity contribution in [1.82, 2.24) is 10.3 Å². The van der Waals surface area contributed by atoms with Gasteiger partial charge in [0.2, 0.25) is 5.91 Å². The first kappa shape index (κ1) is 16.9. The number of hydrogen-bond acceptors (Lipinski definition) is 2. The van der Waals surface area contributed by atoms with E-state index in [0.29, 0.717) is 24.3 Å². The Morgan fingerprint density at radius 3 is 2.88 bits per heavy atom. The van der Waals surface area contributed by atoms with E-state index in [1.165, 1.54) is 12.8 Å². The van der Waals surface area contributed by atoms with Gasteiger partial charge in [0.25, 0.3) is 0 Å². The maximum Gasteiger partial charge on any atom is 0.223 e. The lowest BCUT2D eigenvalue weighted by Crippen LogP contribution is -2.40. The molecular weight excluding hydrogens is 296 g/mol. The number of nitrogens with one attached hydrogen (secondary N) is 1. The second kappa shape index (κ2) is 7.33. The van der Waals surface area contributed by atoms with Crippen molar-refractivity contribution in [3.8, 4) is 0 Å². The van der Waals surface area contributed by atoms with Crippen LogP contribution < -0.4 is 5.32 Å². The third kappa shape index (κ3) is 3.77. The Hall–Kier alpha value is -1.90. The molecule has 3 heteroatoms. The Labute approximate surface area is 144 Å². The second-order valence-electron chi connectivity index (χ2n) is 7.69. The molecule has 1 aromatic carbocycles. The van der Waals surface area contributed by atoms with Gasteiger partial charge in [-0.15, -0.1) is 0 Å². The van der Waals surface area contributed by atoms with E-state index in [4.69, 9.17) is 0 Å². The number of hydrogen-bond donors (Lipinski definition) is 1. The average molecular weight is 324 g/mol. The zero-order valence-electron chi connectivity index (χ0n) is 15.0. The molecule has 1 fully saturated rings. The van der Waals surface area contributed by atoms with Crippen LogP contribution in [0.5, 0.6) is 0 Å². The molecule has 1 N–H and O–H groups in total. The standard InChI is InChI=1S/C21H28N2O/c1-14(2)18-9-8-15(3)10-19(18)21(24)23-13-16-11-17-6-4-5-7-20(17)22-12-16/h4-7,11-12,14-15,18-19H,8-10,13H2,1-3H3,(H,23,24)/t15-,18+,19+/m0/s1. The SMILES string of the molecule is CC(C)[C@H]1CC[C@H](C)C[C@H]1C(=O)NCc1cnc2ccccc2c1. The van der Waals surface area contributed by atoms with E-state index in [1.807, 2.05) is 24.4 Å². The average Bonchev–Trinajstić information content (AvgIpc) is 2.59. The highest BCUT2D eigenvalue weighted by atomic mass is 16.1. The molecule has 0 radical (unpaired) electrons. The minimum absolute atomic E-state index is 0.155. The van der Waals surface area contributed by atoms with Crippen molar-refractivity contribution in [1.29, 1.82) is 0 Å². The first-order chi connectivity index (χ1) is 11.5. The highest BCUT2D eigenvalue weighted by Crippen LogP contribution is 2.38. The summed E-state index contributed by atoms with van der Waals surface area (Å²) < 4.78 is 0. The first-order valence-corrected chi connectivity index (χ1v) is 9.16. The van der Waals surface area contributed by atoms with Crippen molar-refractivity contribution in [2.75, 3.05) is 0 Å². The zero-order valence-corrected chi connectivity index (χ0v) is 15.0. The topological polar surface area (TPSA) is 42.0 Å². The molecule has 128 valence electrons. The minimum Gasteiger partial charge on any atom is -0.352 e. The Kier molecular flexibility index (Phi) is 5.17. The fraction of sp³-hybridized carbons (Fsp3) is 0.524. The van der Waals surface area contributed by atoms with Gasteiger partial charge in [-0.05, 0) is 48.3 Å². The van der Waals surface area contributed by atoms with Crippen LogP contribution in [0, 0.1) is 23.7 Å². The molecule has 1 amide bonds. The molecule has 1 aliphatic rings. The minimum atomic E-state index is 0.155. The molecule has 0 saturated heterocycles. The third-order valence-corrected chi connectivity index (χ3v) is 5.47. The quantitative estimate of drug-likeness (QED) is 0.896. The van der Waals surface area contributed by atoms with Crippen LogP contribution >= 0.6 is 0 Å². The summed E-state index contributed by atoms with van der Waals surface area (Å²) in [6, 6.07) is 10.2. The van der Waals surface area contributed by atoms with E-state index in [9.17, 15) is 4.79 Å². The normalized spacial score (nSPS) is 24.2. The lowest BCUT2D eigenvalue weighted by atomic mass is 9.70. The molecule has 0 spiro atoms. The van der Waals surface area contributed by atoms with Crippen molar-refractivity contribution >= 4 is 16.8 Å². The first-order valence-electron chi connectivity index (χ1n) is 9.16. The van der Waals surface area contributed by atoms with Gasteiger partial charge in [-0.1, -0.05) is 45.4 Å². The number of amides is 1.